The van der Waals surface area contributed by atoms with Gasteiger partial charge in [-0.3, -0.25) is 9.97 Å². The first kappa shape index (κ1) is 14.3. The predicted octanol–water partition coefficient (Wildman–Crippen LogP) is 4.74. The van der Waals surface area contributed by atoms with Crippen LogP contribution in [0.1, 0.15) is 11.1 Å². The number of hydrogen-bond acceptors (Lipinski definition) is 3. The standard InChI is InChI=1S/C16H13BrClN3/c17-13-7-15-16(21-10-13)14(5-6-19-15)20-9-12-3-1-11(8-18)2-4-12/h1-7,10H,8-9H2,(H,19,20). The van der Waals surface area contributed by atoms with E-state index in [4.69, 9.17) is 11.6 Å². The van der Waals surface area contributed by atoms with E-state index in [-0.39, 0.29) is 0 Å². The lowest BCUT2D eigenvalue weighted by Crippen LogP contribution is -2.01. The van der Waals surface area contributed by atoms with Gasteiger partial charge in [-0.25, -0.2) is 0 Å². The van der Waals surface area contributed by atoms with E-state index in [1.165, 1.54) is 5.56 Å². The van der Waals surface area contributed by atoms with Crippen molar-refractivity contribution in [2.75, 3.05) is 5.32 Å². The number of hydrogen-bond donors (Lipinski definition) is 1. The minimum absolute atomic E-state index is 0.543. The van der Waals surface area contributed by atoms with Gasteiger partial charge < -0.3 is 5.32 Å². The van der Waals surface area contributed by atoms with E-state index in [1.807, 2.05) is 24.3 Å². The Morgan fingerprint density at radius 3 is 2.57 bits per heavy atom. The third-order valence-corrected chi connectivity index (χ3v) is 3.95. The second-order valence-corrected chi connectivity index (χ2v) is 5.87. The number of nitrogens with zero attached hydrogens (tertiary/aromatic N) is 2. The highest BCUT2D eigenvalue weighted by Gasteiger charge is 2.04. The number of benzene rings is 1. The van der Waals surface area contributed by atoms with Gasteiger partial charge in [0.2, 0.25) is 0 Å². The molecule has 0 aliphatic heterocycles. The van der Waals surface area contributed by atoms with Crippen molar-refractivity contribution in [3.8, 4) is 0 Å². The molecular weight excluding hydrogens is 350 g/mol. The van der Waals surface area contributed by atoms with Crippen molar-refractivity contribution in [3.63, 3.8) is 0 Å². The topological polar surface area (TPSA) is 37.8 Å². The third kappa shape index (κ3) is 3.34. The summed E-state index contributed by atoms with van der Waals surface area (Å²) in [4.78, 5) is 8.76. The first-order chi connectivity index (χ1) is 10.3. The molecule has 2 heterocycles. The number of nitrogens with one attached hydrogen (secondary N) is 1. The van der Waals surface area contributed by atoms with Crippen molar-refractivity contribution < 1.29 is 0 Å². The van der Waals surface area contributed by atoms with Crippen LogP contribution in [0, 0.1) is 0 Å². The molecule has 0 radical (unpaired) electrons. The van der Waals surface area contributed by atoms with Crippen molar-refractivity contribution in [1.29, 1.82) is 0 Å². The average Bonchev–Trinajstić information content (AvgIpc) is 2.53. The lowest BCUT2D eigenvalue weighted by atomic mass is 10.1. The van der Waals surface area contributed by atoms with Crippen molar-refractivity contribution in [2.24, 2.45) is 0 Å². The number of halogens is 2. The second kappa shape index (κ2) is 6.41. The lowest BCUT2D eigenvalue weighted by Gasteiger charge is -2.09. The maximum Gasteiger partial charge on any atom is 0.112 e. The highest BCUT2D eigenvalue weighted by atomic mass is 79.9. The lowest BCUT2D eigenvalue weighted by molar-refractivity contribution is 1.14. The molecule has 1 aromatic carbocycles. The molecule has 0 fully saturated rings. The third-order valence-electron chi connectivity index (χ3n) is 3.20. The molecule has 0 spiro atoms. The van der Waals surface area contributed by atoms with E-state index in [0.29, 0.717) is 5.88 Å². The summed E-state index contributed by atoms with van der Waals surface area (Å²) in [7, 11) is 0. The zero-order valence-corrected chi connectivity index (χ0v) is 13.5. The fourth-order valence-electron chi connectivity index (χ4n) is 2.09. The second-order valence-electron chi connectivity index (χ2n) is 4.68. The highest BCUT2D eigenvalue weighted by Crippen LogP contribution is 2.22. The van der Waals surface area contributed by atoms with Crippen LogP contribution in [0.4, 0.5) is 5.69 Å². The van der Waals surface area contributed by atoms with Crippen LogP contribution in [-0.2, 0) is 12.4 Å². The zero-order chi connectivity index (χ0) is 14.7. The molecule has 3 nitrogen and oxygen atoms in total. The van der Waals surface area contributed by atoms with Gasteiger partial charge in [0.25, 0.3) is 0 Å². The van der Waals surface area contributed by atoms with E-state index in [0.717, 1.165) is 33.3 Å². The van der Waals surface area contributed by atoms with Crippen molar-refractivity contribution in [1.82, 2.24) is 9.97 Å². The minimum atomic E-state index is 0.543. The fourth-order valence-corrected chi connectivity index (χ4v) is 2.59. The maximum atomic E-state index is 5.80. The number of aromatic nitrogens is 2. The average molecular weight is 363 g/mol. The first-order valence-corrected chi connectivity index (χ1v) is 7.87. The molecule has 21 heavy (non-hydrogen) atoms. The number of rotatable bonds is 4. The van der Waals surface area contributed by atoms with Crippen LogP contribution in [-0.4, -0.2) is 9.97 Å². The van der Waals surface area contributed by atoms with Gasteiger partial charge in [-0.05, 0) is 39.2 Å². The molecule has 3 aromatic rings. The summed E-state index contributed by atoms with van der Waals surface area (Å²) in [5.41, 5.74) is 5.05. The quantitative estimate of drug-likeness (QED) is 0.681. The normalized spacial score (nSPS) is 10.8. The number of fused-ring (bicyclic) bond motifs is 1. The molecule has 0 aliphatic rings. The van der Waals surface area contributed by atoms with Gasteiger partial charge in [-0.1, -0.05) is 24.3 Å². The summed E-state index contributed by atoms with van der Waals surface area (Å²) in [5.74, 6) is 0.543. The van der Waals surface area contributed by atoms with Crippen LogP contribution in [0.5, 0.6) is 0 Å². The van der Waals surface area contributed by atoms with Crippen LogP contribution in [0.15, 0.2) is 53.3 Å². The molecule has 0 aliphatic carbocycles. The molecule has 0 saturated carbocycles. The summed E-state index contributed by atoms with van der Waals surface area (Å²) < 4.78 is 0.927. The Balaban J connectivity index is 1.81. The van der Waals surface area contributed by atoms with E-state index in [9.17, 15) is 0 Å². The minimum Gasteiger partial charge on any atom is -0.379 e. The molecule has 2 aromatic heterocycles. The number of pyridine rings is 2. The van der Waals surface area contributed by atoms with E-state index >= 15 is 0 Å². The highest BCUT2D eigenvalue weighted by molar-refractivity contribution is 9.10. The molecule has 3 rings (SSSR count). The van der Waals surface area contributed by atoms with Crippen LogP contribution >= 0.6 is 27.5 Å². The predicted molar refractivity (Wildman–Crippen MR) is 90.6 cm³/mol. The summed E-state index contributed by atoms with van der Waals surface area (Å²) in [6.07, 6.45) is 3.57. The first-order valence-electron chi connectivity index (χ1n) is 6.54. The summed E-state index contributed by atoms with van der Waals surface area (Å²) in [6, 6.07) is 12.2. The SMILES string of the molecule is ClCc1ccc(CNc2ccnc3cc(Br)cnc23)cc1. The van der Waals surface area contributed by atoms with Crippen molar-refractivity contribution in [3.05, 3.63) is 64.4 Å². The van der Waals surface area contributed by atoms with Crippen molar-refractivity contribution in [2.45, 2.75) is 12.4 Å². The molecule has 0 atom stereocenters. The van der Waals surface area contributed by atoms with Crippen LogP contribution < -0.4 is 5.32 Å². The van der Waals surface area contributed by atoms with Crippen LogP contribution in [0.25, 0.3) is 11.0 Å². The summed E-state index contributed by atoms with van der Waals surface area (Å²) in [5, 5.41) is 3.41. The Hall–Kier alpha value is -1.65. The zero-order valence-electron chi connectivity index (χ0n) is 11.2. The molecule has 106 valence electrons. The summed E-state index contributed by atoms with van der Waals surface area (Å²) >= 11 is 9.21. The smallest absolute Gasteiger partial charge is 0.112 e. The van der Waals surface area contributed by atoms with Gasteiger partial charge in [0, 0.05) is 29.3 Å². The van der Waals surface area contributed by atoms with E-state index < -0.39 is 0 Å². The van der Waals surface area contributed by atoms with Gasteiger partial charge in [-0.15, -0.1) is 11.6 Å². The molecule has 1 N–H and O–H groups in total. The Bertz CT molecular complexity index is 759. The fraction of sp³-hybridized carbons (Fsp3) is 0.125. The molecular formula is C16H13BrClN3. The van der Waals surface area contributed by atoms with E-state index in [2.05, 4.69) is 43.3 Å². The molecule has 5 heteroatoms. The van der Waals surface area contributed by atoms with Gasteiger partial charge in [0.05, 0.1) is 11.2 Å². The van der Waals surface area contributed by atoms with Crippen LogP contribution in [0.3, 0.4) is 0 Å². The van der Waals surface area contributed by atoms with Crippen molar-refractivity contribution >= 4 is 44.3 Å². The van der Waals surface area contributed by atoms with Gasteiger partial charge in [0.15, 0.2) is 0 Å². The van der Waals surface area contributed by atoms with E-state index in [1.54, 1.807) is 12.4 Å². The number of anilines is 1. The van der Waals surface area contributed by atoms with Crippen LogP contribution in [0.2, 0.25) is 0 Å². The van der Waals surface area contributed by atoms with Gasteiger partial charge >= 0.3 is 0 Å². The molecule has 0 amide bonds. The Kier molecular flexibility index (Phi) is 4.36. The maximum absolute atomic E-state index is 5.80. The van der Waals surface area contributed by atoms with Gasteiger partial charge in [0.1, 0.15) is 5.52 Å². The number of alkyl halides is 1. The van der Waals surface area contributed by atoms with Gasteiger partial charge in [-0.2, -0.15) is 0 Å². The molecule has 0 saturated heterocycles. The Morgan fingerprint density at radius 2 is 1.81 bits per heavy atom. The molecule has 0 unspecified atom stereocenters. The largest absolute Gasteiger partial charge is 0.379 e. The Labute approximate surface area is 136 Å². The Morgan fingerprint density at radius 1 is 1.05 bits per heavy atom. The molecule has 0 bridgehead atoms. The summed E-state index contributed by atoms with van der Waals surface area (Å²) in [6.45, 7) is 0.736. The monoisotopic (exact) mass is 361 g/mol.